The van der Waals surface area contributed by atoms with Crippen molar-refractivity contribution in [2.75, 3.05) is 19.0 Å². The Morgan fingerprint density at radius 3 is 2.33 bits per heavy atom. The summed E-state index contributed by atoms with van der Waals surface area (Å²) in [6, 6.07) is 16.9. The van der Waals surface area contributed by atoms with Crippen LogP contribution >= 0.6 is 11.8 Å². The first-order valence-corrected chi connectivity index (χ1v) is 11.0. The van der Waals surface area contributed by atoms with Crippen LogP contribution in [0.5, 0.6) is 0 Å². The van der Waals surface area contributed by atoms with Crippen molar-refractivity contribution < 1.29 is 28.9 Å². The van der Waals surface area contributed by atoms with Crippen molar-refractivity contribution in [1.29, 1.82) is 0 Å². The van der Waals surface area contributed by atoms with Crippen LogP contribution in [0.4, 0.5) is 5.69 Å². The molecule has 0 amide bonds. The molecule has 2 aromatic carbocycles. The molecule has 0 bridgehead atoms. The topological polar surface area (TPSA) is 95.5 Å². The quantitative estimate of drug-likeness (QED) is 0.472. The molecule has 1 heterocycles. The summed E-state index contributed by atoms with van der Waals surface area (Å²) in [7, 11) is -0.853. The molecule has 1 aliphatic carbocycles. The van der Waals surface area contributed by atoms with Crippen molar-refractivity contribution in [1.82, 2.24) is 0 Å². The van der Waals surface area contributed by atoms with E-state index >= 15 is 0 Å². The lowest BCUT2D eigenvalue weighted by atomic mass is 9.88. The molecule has 4 rings (SSSR count). The normalized spacial score (nSPS) is 16.3. The van der Waals surface area contributed by atoms with Crippen molar-refractivity contribution in [3.05, 3.63) is 94.4 Å². The van der Waals surface area contributed by atoms with Gasteiger partial charge in [-0.05, 0) is 47.7 Å². The number of halogens is 1. The fourth-order valence-electron chi connectivity index (χ4n) is 2.98. The number of nitrogens with zero attached hydrogens (tertiary/aromatic N) is 1. The Kier molecular flexibility index (Phi) is 6.99. The van der Waals surface area contributed by atoms with Gasteiger partial charge in [-0.15, -0.1) is 10.2 Å². The summed E-state index contributed by atoms with van der Waals surface area (Å²) in [5.74, 6) is 6.93. The summed E-state index contributed by atoms with van der Waals surface area (Å²) >= 11 is 1.81. The number of benzene rings is 2. The summed E-state index contributed by atoms with van der Waals surface area (Å²) in [6.45, 7) is 0. The number of rotatable bonds is 1. The van der Waals surface area contributed by atoms with Gasteiger partial charge < -0.3 is 4.90 Å². The van der Waals surface area contributed by atoms with E-state index in [1.165, 1.54) is 26.6 Å². The minimum atomic E-state index is -4.94. The van der Waals surface area contributed by atoms with Crippen LogP contribution in [0.1, 0.15) is 17.0 Å². The Morgan fingerprint density at radius 2 is 1.67 bits per heavy atom. The smallest absolute Gasteiger partial charge is 0.150 e. The molecule has 1 aliphatic heterocycles. The first-order chi connectivity index (χ1) is 14.2. The first kappa shape index (κ1) is 22.1. The van der Waals surface area contributed by atoms with E-state index in [-0.39, 0.29) is 5.92 Å². The predicted molar refractivity (Wildman–Crippen MR) is 107 cm³/mol. The maximum Gasteiger partial charge on any atom is 0.150 e. The van der Waals surface area contributed by atoms with Crippen molar-refractivity contribution in [2.24, 2.45) is 0 Å². The van der Waals surface area contributed by atoms with Gasteiger partial charge >= 0.3 is 0 Å². The molecule has 2 aromatic rings. The Balaban J connectivity index is 0.000000461. The molecule has 0 spiro atoms. The van der Waals surface area contributed by atoms with Crippen LogP contribution in [-0.4, -0.2) is 14.1 Å². The lowest BCUT2D eigenvalue weighted by Crippen LogP contribution is -2.68. The summed E-state index contributed by atoms with van der Waals surface area (Å²) < 4.78 is 34.0. The molecule has 1 atom stereocenters. The summed E-state index contributed by atoms with van der Waals surface area (Å²) in [5.41, 5.74) is 4.69. The van der Waals surface area contributed by atoms with Crippen LogP contribution < -0.4 is 23.5 Å². The zero-order valence-electron chi connectivity index (χ0n) is 16.3. The number of anilines is 1. The maximum absolute atomic E-state index is 8.49. The Morgan fingerprint density at radius 1 is 1.00 bits per heavy atom. The molecular formula is C23H18ClNO4S. The first-order valence-electron chi connectivity index (χ1n) is 8.90. The number of thioether (sulfide) groups is 1. The standard InChI is InChI=1S/C23H18NS.ClHO4/c1-24(2)18-14-11-17(12-15-18)13-16-19-20-7-3-5-9-22(20)25-23-10-6-4-8-21(19)23;2-1(3,4)5/h3-7,9-12,14-15,19H,1-2H3;(H,2,3,4,5)/q+1;/p-1. The average Bonchev–Trinajstić information content (AvgIpc) is 2.70. The minimum absolute atomic E-state index is 0.0715. The third-order valence-electron chi connectivity index (χ3n) is 4.33. The van der Waals surface area contributed by atoms with Crippen LogP contribution in [0.2, 0.25) is 0 Å². The SMILES string of the molecule is CN(C)c1ccc(C#CC2C3=C(C=CC=[C+]3)Sc3ccccc32)cc1.[O-][Cl+3]([O-])([O-])[O-]. The molecule has 7 heteroatoms. The van der Waals surface area contributed by atoms with E-state index < -0.39 is 10.2 Å². The second kappa shape index (κ2) is 9.48. The molecule has 0 aromatic heterocycles. The van der Waals surface area contributed by atoms with Gasteiger partial charge in [-0.2, -0.15) is 0 Å². The second-order valence-electron chi connectivity index (χ2n) is 6.61. The average molecular weight is 440 g/mol. The highest BCUT2D eigenvalue weighted by atomic mass is 35.7. The Bertz CT molecular complexity index is 1050. The third kappa shape index (κ3) is 5.96. The summed E-state index contributed by atoms with van der Waals surface area (Å²) in [6.07, 6.45) is 9.60. The highest BCUT2D eigenvalue weighted by Crippen LogP contribution is 2.46. The van der Waals surface area contributed by atoms with E-state index in [1.54, 1.807) is 0 Å². The van der Waals surface area contributed by atoms with E-state index in [2.05, 4.69) is 77.4 Å². The largest absolute Gasteiger partial charge is 0.378 e. The van der Waals surface area contributed by atoms with Crippen molar-refractivity contribution in [2.45, 2.75) is 10.8 Å². The molecule has 0 radical (unpaired) electrons. The number of hydrogen-bond donors (Lipinski definition) is 0. The van der Waals surface area contributed by atoms with Crippen molar-refractivity contribution in [3.8, 4) is 11.8 Å². The lowest BCUT2D eigenvalue weighted by molar-refractivity contribution is -2.00. The fraction of sp³-hybridized carbons (Fsp3) is 0.130. The van der Waals surface area contributed by atoms with Gasteiger partial charge in [0.1, 0.15) is 22.5 Å². The van der Waals surface area contributed by atoms with Crippen LogP contribution in [0.3, 0.4) is 0 Å². The monoisotopic (exact) mass is 439 g/mol. The zero-order chi connectivity index (χ0) is 21.7. The van der Waals surface area contributed by atoms with Gasteiger partial charge in [0.2, 0.25) is 0 Å². The zero-order valence-corrected chi connectivity index (χ0v) is 17.9. The number of allylic oxidation sites excluding steroid dienone is 5. The molecule has 0 saturated heterocycles. The Hall–Kier alpha value is -2.59. The van der Waals surface area contributed by atoms with Crippen LogP contribution in [0.15, 0.2) is 82.1 Å². The maximum atomic E-state index is 8.49. The van der Waals surface area contributed by atoms with Crippen LogP contribution in [-0.2, 0) is 0 Å². The number of hydrogen-bond acceptors (Lipinski definition) is 6. The van der Waals surface area contributed by atoms with Crippen molar-refractivity contribution >= 4 is 17.4 Å². The molecular weight excluding hydrogens is 422 g/mol. The van der Waals surface area contributed by atoms with Gasteiger partial charge in [0.25, 0.3) is 0 Å². The molecule has 1 unspecified atom stereocenters. The van der Waals surface area contributed by atoms with Gasteiger partial charge in [0.15, 0.2) is 0 Å². The van der Waals surface area contributed by atoms with E-state index in [9.17, 15) is 0 Å². The predicted octanol–water partition coefficient (Wildman–Crippen LogP) is 0.421. The van der Waals surface area contributed by atoms with E-state index in [4.69, 9.17) is 18.6 Å². The van der Waals surface area contributed by atoms with Crippen LogP contribution in [0, 0.1) is 28.2 Å². The lowest BCUT2D eigenvalue weighted by Gasteiger charge is -2.19. The molecule has 30 heavy (non-hydrogen) atoms. The van der Waals surface area contributed by atoms with Gasteiger partial charge in [-0.25, -0.2) is 18.6 Å². The molecule has 152 valence electrons. The van der Waals surface area contributed by atoms with Gasteiger partial charge in [-0.1, -0.05) is 30.0 Å². The number of fused-ring (bicyclic) bond motifs is 1. The summed E-state index contributed by atoms with van der Waals surface area (Å²) in [5, 5.41) is 0. The highest BCUT2D eigenvalue weighted by molar-refractivity contribution is 8.03. The summed E-state index contributed by atoms with van der Waals surface area (Å²) in [4.78, 5) is 4.64. The third-order valence-corrected chi connectivity index (χ3v) is 5.50. The van der Waals surface area contributed by atoms with E-state index in [0.717, 1.165) is 5.56 Å². The second-order valence-corrected chi connectivity index (χ2v) is 8.45. The molecule has 0 fully saturated rings. The Labute approximate surface area is 182 Å². The highest BCUT2D eigenvalue weighted by Gasteiger charge is 2.32. The fourth-order valence-corrected chi connectivity index (χ4v) is 4.10. The van der Waals surface area contributed by atoms with Gasteiger partial charge in [0.05, 0.1) is 6.08 Å². The van der Waals surface area contributed by atoms with Crippen LogP contribution in [0.25, 0.3) is 0 Å². The van der Waals surface area contributed by atoms with Crippen molar-refractivity contribution in [3.63, 3.8) is 0 Å². The molecule has 0 N–H and O–H groups in total. The molecule has 2 aliphatic rings. The molecule has 5 nitrogen and oxygen atoms in total. The van der Waals surface area contributed by atoms with Gasteiger partial charge in [-0.3, -0.25) is 0 Å². The minimum Gasteiger partial charge on any atom is -0.378 e. The van der Waals surface area contributed by atoms with E-state index in [0.29, 0.717) is 0 Å². The van der Waals surface area contributed by atoms with E-state index in [1.807, 2.05) is 38.0 Å². The molecule has 0 saturated carbocycles. The van der Waals surface area contributed by atoms with Gasteiger partial charge in [0, 0.05) is 42.4 Å².